The first-order chi connectivity index (χ1) is 18.4. The van der Waals surface area contributed by atoms with Gasteiger partial charge in [0.1, 0.15) is 11.6 Å². The van der Waals surface area contributed by atoms with E-state index in [1.54, 1.807) is 42.3 Å². The van der Waals surface area contributed by atoms with Gasteiger partial charge in [0.2, 0.25) is 5.95 Å². The van der Waals surface area contributed by atoms with Crippen molar-refractivity contribution < 1.29 is 22.3 Å². The van der Waals surface area contributed by atoms with Crippen LogP contribution in [0.25, 0.3) is 16.9 Å². The van der Waals surface area contributed by atoms with Crippen LogP contribution in [-0.4, -0.2) is 83.3 Å². The highest BCUT2D eigenvalue weighted by molar-refractivity contribution is 5.78. The molecule has 1 aliphatic heterocycles. The number of halogens is 4. The largest absolute Gasteiger partial charge is 0.378 e. The predicted octanol–water partition coefficient (Wildman–Crippen LogP) is 4.76. The number of rotatable bonds is 9. The summed E-state index contributed by atoms with van der Waals surface area (Å²) < 4.78 is 60.5. The SMILES string of the molecule is CN(CC(F)F)C1CCC(CNc2nc(N3CCOCC3)cc(-n3c(C(F)F)nc4ccccc43)n2)CC1. The average Bonchev–Trinajstić information content (AvgIpc) is 3.32. The van der Waals surface area contributed by atoms with E-state index < -0.39 is 12.9 Å². The van der Waals surface area contributed by atoms with Gasteiger partial charge in [-0.1, -0.05) is 12.1 Å². The molecule has 1 aromatic carbocycles. The summed E-state index contributed by atoms with van der Waals surface area (Å²) >= 11 is 0. The van der Waals surface area contributed by atoms with Gasteiger partial charge in [-0.15, -0.1) is 0 Å². The molecule has 0 bridgehead atoms. The Morgan fingerprint density at radius 3 is 2.42 bits per heavy atom. The summed E-state index contributed by atoms with van der Waals surface area (Å²) in [6.45, 7) is 2.80. The normalized spacial score (nSPS) is 20.7. The fourth-order valence-corrected chi connectivity index (χ4v) is 5.39. The van der Waals surface area contributed by atoms with Crippen LogP contribution in [0.15, 0.2) is 30.3 Å². The number of imidazole rings is 1. The molecular weight excluding hydrogens is 502 g/mol. The molecule has 0 atom stereocenters. The summed E-state index contributed by atoms with van der Waals surface area (Å²) in [5.74, 6) is 1.30. The van der Waals surface area contributed by atoms with Crippen LogP contribution in [0, 0.1) is 5.92 Å². The Hall–Kier alpha value is -2.99. The Morgan fingerprint density at radius 2 is 1.71 bits per heavy atom. The summed E-state index contributed by atoms with van der Waals surface area (Å²) in [7, 11) is 1.76. The van der Waals surface area contributed by atoms with E-state index in [1.807, 2.05) is 0 Å². The zero-order valence-corrected chi connectivity index (χ0v) is 21.4. The third-order valence-corrected chi connectivity index (χ3v) is 7.46. The van der Waals surface area contributed by atoms with E-state index in [0.29, 0.717) is 67.4 Å². The Bertz CT molecular complexity index is 1210. The fraction of sp³-hybridized carbons (Fsp3) is 0.577. The number of anilines is 2. The second-order valence-electron chi connectivity index (χ2n) is 9.99. The van der Waals surface area contributed by atoms with Crippen molar-refractivity contribution in [2.75, 3.05) is 56.7 Å². The molecule has 1 N–H and O–H groups in total. The molecule has 5 rings (SSSR count). The van der Waals surface area contributed by atoms with Crippen LogP contribution >= 0.6 is 0 Å². The molecule has 0 unspecified atom stereocenters. The number of nitrogens with one attached hydrogen (secondary N) is 1. The summed E-state index contributed by atoms with van der Waals surface area (Å²) in [4.78, 5) is 17.3. The topological polar surface area (TPSA) is 71.3 Å². The molecule has 2 aromatic heterocycles. The Balaban J connectivity index is 1.38. The van der Waals surface area contributed by atoms with Crippen molar-refractivity contribution in [3.05, 3.63) is 36.2 Å². The molecule has 2 aliphatic rings. The lowest BCUT2D eigenvalue weighted by atomic mass is 9.85. The molecule has 3 aromatic rings. The van der Waals surface area contributed by atoms with Gasteiger partial charge in [0.05, 0.1) is 30.8 Å². The quantitative estimate of drug-likeness (QED) is 0.396. The highest BCUT2D eigenvalue weighted by Crippen LogP contribution is 2.30. The molecule has 0 radical (unpaired) electrons. The van der Waals surface area contributed by atoms with Crippen LogP contribution in [0.4, 0.5) is 29.3 Å². The number of para-hydroxylation sites is 2. The Labute approximate surface area is 219 Å². The predicted molar refractivity (Wildman–Crippen MR) is 138 cm³/mol. The first kappa shape index (κ1) is 26.6. The number of benzene rings is 1. The molecule has 1 saturated carbocycles. The summed E-state index contributed by atoms with van der Waals surface area (Å²) in [5.41, 5.74) is 1.02. The van der Waals surface area contributed by atoms with Crippen LogP contribution in [-0.2, 0) is 4.74 Å². The summed E-state index contributed by atoms with van der Waals surface area (Å²) in [5, 5.41) is 3.33. The van der Waals surface area contributed by atoms with Gasteiger partial charge in [0.25, 0.3) is 12.9 Å². The van der Waals surface area contributed by atoms with Gasteiger partial charge in [-0.2, -0.15) is 9.97 Å². The van der Waals surface area contributed by atoms with Gasteiger partial charge >= 0.3 is 0 Å². The van der Waals surface area contributed by atoms with Gasteiger partial charge in [-0.25, -0.2) is 22.5 Å². The van der Waals surface area contributed by atoms with Crippen LogP contribution in [0.5, 0.6) is 0 Å². The number of ether oxygens (including phenoxy) is 1. The molecule has 0 amide bonds. The van der Waals surface area contributed by atoms with E-state index in [4.69, 9.17) is 9.72 Å². The molecule has 8 nitrogen and oxygen atoms in total. The van der Waals surface area contributed by atoms with Gasteiger partial charge in [-0.3, -0.25) is 9.47 Å². The molecule has 12 heteroatoms. The van der Waals surface area contributed by atoms with Crippen molar-refractivity contribution in [2.45, 2.75) is 44.6 Å². The minimum Gasteiger partial charge on any atom is -0.378 e. The van der Waals surface area contributed by atoms with Crippen molar-refractivity contribution in [3.63, 3.8) is 0 Å². The first-order valence-corrected chi connectivity index (χ1v) is 13.1. The highest BCUT2D eigenvalue weighted by Gasteiger charge is 2.26. The molecule has 0 spiro atoms. The van der Waals surface area contributed by atoms with E-state index in [1.165, 1.54) is 4.57 Å². The zero-order valence-electron chi connectivity index (χ0n) is 21.4. The van der Waals surface area contributed by atoms with Crippen molar-refractivity contribution in [3.8, 4) is 5.82 Å². The summed E-state index contributed by atoms with van der Waals surface area (Å²) in [6.07, 6.45) is -1.59. The van der Waals surface area contributed by atoms with Crippen molar-refractivity contribution >= 4 is 22.8 Å². The molecule has 2 fully saturated rings. The van der Waals surface area contributed by atoms with Crippen LogP contribution in [0.1, 0.15) is 37.9 Å². The maximum Gasteiger partial charge on any atom is 0.296 e. The molecule has 1 saturated heterocycles. The van der Waals surface area contributed by atoms with Crippen molar-refractivity contribution in [1.82, 2.24) is 24.4 Å². The van der Waals surface area contributed by atoms with Gasteiger partial charge in [0, 0.05) is 31.7 Å². The number of hydrogen-bond donors (Lipinski definition) is 1. The lowest BCUT2D eigenvalue weighted by molar-refractivity contribution is 0.0660. The standard InChI is InChI=1S/C26H33F4N7O/c1-35(16-21(27)28)18-8-6-17(7-9-18)15-31-26-33-22(36-10-12-38-13-11-36)14-23(34-26)37-20-5-3-2-4-19(20)32-25(37)24(29)30/h2-5,14,17-18,21,24H,6-13,15-16H2,1H3,(H,31,33,34). The number of aromatic nitrogens is 4. The number of nitrogens with zero attached hydrogens (tertiary/aromatic N) is 6. The van der Waals surface area contributed by atoms with E-state index in [9.17, 15) is 17.6 Å². The zero-order chi connectivity index (χ0) is 26.6. The van der Waals surface area contributed by atoms with Crippen molar-refractivity contribution in [1.29, 1.82) is 0 Å². The first-order valence-electron chi connectivity index (χ1n) is 13.1. The van der Waals surface area contributed by atoms with E-state index in [2.05, 4.69) is 20.2 Å². The average molecular weight is 536 g/mol. The second kappa shape index (κ2) is 11.8. The van der Waals surface area contributed by atoms with Crippen LogP contribution < -0.4 is 10.2 Å². The summed E-state index contributed by atoms with van der Waals surface area (Å²) in [6, 6.07) is 8.89. The number of fused-ring (bicyclic) bond motifs is 1. The molecular formula is C26H33F4N7O. The lowest BCUT2D eigenvalue weighted by Gasteiger charge is -2.34. The number of morpholine rings is 1. The van der Waals surface area contributed by atoms with Crippen molar-refractivity contribution in [2.24, 2.45) is 5.92 Å². The Kier molecular flexibility index (Phi) is 8.27. The minimum absolute atomic E-state index is 0.162. The minimum atomic E-state index is -2.78. The highest BCUT2D eigenvalue weighted by atomic mass is 19.3. The number of hydrogen-bond acceptors (Lipinski definition) is 7. The van der Waals surface area contributed by atoms with Crippen LogP contribution in [0.3, 0.4) is 0 Å². The van der Waals surface area contributed by atoms with E-state index in [-0.39, 0.29) is 18.4 Å². The lowest BCUT2D eigenvalue weighted by Crippen LogP contribution is -2.39. The van der Waals surface area contributed by atoms with Gasteiger partial charge < -0.3 is 15.0 Å². The fourth-order valence-electron chi connectivity index (χ4n) is 5.39. The Morgan fingerprint density at radius 1 is 1.00 bits per heavy atom. The van der Waals surface area contributed by atoms with E-state index in [0.717, 1.165) is 25.7 Å². The van der Waals surface area contributed by atoms with Gasteiger partial charge in [-0.05, 0) is 50.8 Å². The molecule has 1 aliphatic carbocycles. The van der Waals surface area contributed by atoms with E-state index >= 15 is 0 Å². The molecule has 38 heavy (non-hydrogen) atoms. The smallest absolute Gasteiger partial charge is 0.296 e. The van der Waals surface area contributed by atoms with Crippen LogP contribution in [0.2, 0.25) is 0 Å². The maximum absolute atomic E-state index is 14.0. The third-order valence-electron chi connectivity index (χ3n) is 7.46. The monoisotopic (exact) mass is 535 g/mol. The molecule has 206 valence electrons. The maximum atomic E-state index is 14.0. The molecule has 3 heterocycles. The second-order valence-corrected chi connectivity index (χ2v) is 9.99. The number of alkyl halides is 4. The third kappa shape index (κ3) is 6.01. The van der Waals surface area contributed by atoms with Gasteiger partial charge in [0.15, 0.2) is 5.82 Å².